The number of nitro groups is 1. The maximum absolute atomic E-state index is 11.3. The monoisotopic (exact) mass is 295 g/mol. The quantitative estimate of drug-likeness (QED) is 0.612. The van der Waals surface area contributed by atoms with Crippen LogP contribution in [0.15, 0.2) is 6.33 Å². The molecule has 2 atom stereocenters. The molecule has 0 bridgehead atoms. The standard InChI is InChI=1S/C13H21N5O3/c1-3-5-14-12-11(18(19)20)13(16-8-15-12)17-10-4-6-21-9(2)7-10/h8-10H,3-7H2,1-2H3,(H2,14,15,16,17). The van der Waals surface area contributed by atoms with Crippen LogP contribution < -0.4 is 10.6 Å². The lowest BCUT2D eigenvalue weighted by Crippen LogP contribution is -2.33. The Morgan fingerprint density at radius 1 is 1.48 bits per heavy atom. The Morgan fingerprint density at radius 2 is 2.24 bits per heavy atom. The van der Waals surface area contributed by atoms with Crippen LogP contribution in [0.3, 0.4) is 0 Å². The molecule has 0 aromatic carbocycles. The highest BCUT2D eigenvalue weighted by Gasteiger charge is 2.26. The van der Waals surface area contributed by atoms with Crippen molar-refractivity contribution in [3.05, 3.63) is 16.4 Å². The average Bonchev–Trinajstić information content (AvgIpc) is 2.45. The minimum absolute atomic E-state index is 0.0925. The van der Waals surface area contributed by atoms with E-state index in [0.717, 1.165) is 19.3 Å². The normalized spacial score (nSPS) is 21.8. The van der Waals surface area contributed by atoms with E-state index >= 15 is 0 Å². The molecule has 1 aliphatic rings. The summed E-state index contributed by atoms with van der Waals surface area (Å²) in [5.74, 6) is 0.534. The molecule has 116 valence electrons. The smallest absolute Gasteiger partial charge is 0.353 e. The van der Waals surface area contributed by atoms with Crippen molar-refractivity contribution < 1.29 is 9.66 Å². The van der Waals surface area contributed by atoms with Gasteiger partial charge in [-0.2, -0.15) is 0 Å². The Bertz CT molecular complexity index is 497. The molecule has 0 spiro atoms. The number of nitrogens with zero attached hydrogens (tertiary/aromatic N) is 3. The molecule has 2 unspecified atom stereocenters. The molecule has 2 rings (SSSR count). The van der Waals surface area contributed by atoms with Gasteiger partial charge in [-0.25, -0.2) is 9.97 Å². The first-order valence-electron chi connectivity index (χ1n) is 7.23. The number of hydrogen-bond acceptors (Lipinski definition) is 7. The van der Waals surface area contributed by atoms with Crippen LogP contribution in [0.25, 0.3) is 0 Å². The third-order valence-corrected chi connectivity index (χ3v) is 3.37. The molecular weight excluding hydrogens is 274 g/mol. The van der Waals surface area contributed by atoms with Crippen LogP contribution in [0.1, 0.15) is 33.1 Å². The largest absolute Gasteiger partial charge is 0.378 e. The first-order valence-corrected chi connectivity index (χ1v) is 7.23. The van der Waals surface area contributed by atoms with Gasteiger partial charge in [0.25, 0.3) is 0 Å². The van der Waals surface area contributed by atoms with Crippen molar-refractivity contribution in [3.8, 4) is 0 Å². The Hall–Kier alpha value is -1.96. The first-order chi connectivity index (χ1) is 10.1. The molecule has 0 radical (unpaired) electrons. The van der Waals surface area contributed by atoms with E-state index in [2.05, 4.69) is 20.6 Å². The van der Waals surface area contributed by atoms with Crippen molar-refractivity contribution in [2.75, 3.05) is 23.8 Å². The Kier molecular flexibility index (Phi) is 5.26. The van der Waals surface area contributed by atoms with Crippen molar-refractivity contribution >= 4 is 17.3 Å². The summed E-state index contributed by atoms with van der Waals surface area (Å²) in [6.07, 6.45) is 3.97. The van der Waals surface area contributed by atoms with Crippen LogP contribution in [0, 0.1) is 10.1 Å². The molecule has 21 heavy (non-hydrogen) atoms. The van der Waals surface area contributed by atoms with E-state index < -0.39 is 4.92 Å². The van der Waals surface area contributed by atoms with Crippen LogP contribution >= 0.6 is 0 Å². The topological polar surface area (TPSA) is 102 Å². The zero-order valence-electron chi connectivity index (χ0n) is 12.3. The fourth-order valence-corrected chi connectivity index (χ4v) is 2.35. The van der Waals surface area contributed by atoms with E-state index in [1.54, 1.807) is 0 Å². The molecule has 2 heterocycles. The number of nitrogens with one attached hydrogen (secondary N) is 2. The number of hydrogen-bond donors (Lipinski definition) is 2. The number of aromatic nitrogens is 2. The van der Waals surface area contributed by atoms with Gasteiger partial charge in [0.05, 0.1) is 11.0 Å². The van der Waals surface area contributed by atoms with Gasteiger partial charge in [0.15, 0.2) is 0 Å². The predicted molar refractivity (Wildman–Crippen MR) is 79.5 cm³/mol. The molecule has 8 nitrogen and oxygen atoms in total. The zero-order chi connectivity index (χ0) is 15.2. The highest BCUT2D eigenvalue weighted by Crippen LogP contribution is 2.30. The third kappa shape index (κ3) is 4.01. The number of rotatable bonds is 6. The maximum atomic E-state index is 11.3. The molecule has 1 saturated heterocycles. The van der Waals surface area contributed by atoms with Gasteiger partial charge in [-0.1, -0.05) is 6.92 Å². The summed E-state index contributed by atoms with van der Waals surface area (Å²) >= 11 is 0. The van der Waals surface area contributed by atoms with Gasteiger partial charge < -0.3 is 15.4 Å². The lowest BCUT2D eigenvalue weighted by molar-refractivity contribution is -0.383. The maximum Gasteiger partial charge on any atom is 0.353 e. The number of anilines is 2. The molecule has 1 fully saturated rings. The summed E-state index contributed by atoms with van der Waals surface area (Å²) in [6, 6.07) is 0.126. The molecule has 0 amide bonds. The lowest BCUT2D eigenvalue weighted by atomic mass is 10.0. The second-order valence-electron chi connectivity index (χ2n) is 5.15. The Morgan fingerprint density at radius 3 is 2.90 bits per heavy atom. The van der Waals surface area contributed by atoms with Gasteiger partial charge in [-0.15, -0.1) is 0 Å². The van der Waals surface area contributed by atoms with E-state index in [4.69, 9.17) is 4.74 Å². The summed E-state index contributed by atoms with van der Waals surface area (Å²) in [5, 5.41) is 17.5. The molecule has 8 heteroatoms. The molecular formula is C13H21N5O3. The Balaban J connectivity index is 2.19. The highest BCUT2D eigenvalue weighted by molar-refractivity contribution is 5.69. The predicted octanol–water partition coefficient (Wildman–Crippen LogP) is 2.19. The fourth-order valence-electron chi connectivity index (χ4n) is 2.35. The first kappa shape index (κ1) is 15.4. The van der Waals surface area contributed by atoms with Gasteiger partial charge in [0.2, 0.25) is 11.6 Å². The van der Waals surface area contributed by atoms with E-state index in [1.807, 2.05) is 13.8 Å². The highest BCUT2D eigenvalue weighted by atomic mass is 16.6. The van der Waals surface area contributed by atoms with Crippen LogP contribution in [0.5, 0.6) is 0 Å². The molecule has 1 aromatic rings. The molecule has 1 aliphatic heterocycles. The van der Waals surface area contributed by atoms with E-state index in [-0.39, 0.29) is 29.5 Å². The molecule has 0 saturated carbocycles. The van der Waals surface area contributed by atoms with Crippen molar-refractivity contribution in [1.82, 2.24) is 9.97 Å². The number of ether oxygens (including phenoxy) is 1. The van der Waals surface area contributed by atoms with Gasteiger partial charge >= 0.3 is 5.69 Å². The minimum Gasteiger partial charge on any atom is -0.378 e. The minimum atomic E-state index is -0.441. The molecule has 0 aliphatic carbocycles. The van der Waals surface area contributed by atoms with E-state index in [1.165, 1.54) is 6.33 Å². The van der Waals surface area contributed by atoms with Crippen molar-refractivity contribution in [1.29, 1.82) is 0 Å². The molecule has 1 aromatic heterocycles. The van der Waals surface area contributed by atoms with Gasteiger partial charge in [-0.3, -0.25) is 10.1 Å². The van der Waals surface area contributed by atoms with Gasteiger partial charge in [0.1, 0.15) is 6.33 Å². The third-order valence-electron chi connectivity index (χ3n) is 3.37. The average molecular weight is 295 g/mol. The summed E-state index contributed by atoms with van der Waals surface area (Å²) < 4.78 is 5.48. The van der Waals surface area contributed by atoms with Crippen molar-refractivity contribution in [2.45, 2.75) is 45.3 Å². The Labute approximate surface area is 123 Å². The summed E-state index contributed by atoms with van der Waals surface area (Å²) in [4.78, 5) is 18.9. The van der Waals surface area contributed by atoms with Crippen molar-refractivity contribution in [2.24, 2.45) is 0 Å². The molecule has 2 N–H and O–H groups in total. The summed E-state index contributed by atoms with van der Waals surface area (Å²) in [5.41, 5.74) is -0.0925. The fraction of sp³-hybridized carbons (Fsp3) is 0.692. The lowest BCUT2D eigenvalue weighted by Gasteiger charge is -2.28. The van der Waals surface area contributed by atoms with Gasteiger partial charge in [-0.05, 0) is 26.2 Å². The van der Waals surface area contributed by atoms with Gasteiger partial charge in [0, 0.05) is 19.2 Å². The van der Waals surface area contributed by atoms with E-state index in [9.17, 15) is 10.1 Å². The van der Waals surface area contributed by atoms with Crippen molar-refractivity contribution in [3.63, 3.8) is 0 Å². The summed E-state index contributed by atoms with van der Waals surface area (Å²) in [7, 11) is 0. The zero-order valence-corrected chi connectivity index (χ0v) is 12.3. The van der Waals surface area contributed by atoms with Crippen LogP contribution in [0.2, 0.25) is 0 Å². The SMILES string of the molecule is CCCNc1ncnc(NC2CCOC(C)C2)c1[N+](=O)[O-]. The summed E-state index contributed by atoms with van der Waals surface area (Å²) in [6.45, 7) is 5.27. The second-order valence-corrected chi connectivity index (χ2v) is 5.15. The van der Waals surface area contributed by atoms with Crippen LogP contribution in [-0.2, 0) is 4.74 Å². The van der Waals surface area contributed by atoms with Crippen LogP contribution in [0.4, 0.5) is 17.3 Å². The van der Waals surface area contributed by atoms with E-state index in [0.29, 0.717) is 13.2 Å². The second kappa shape index (κ2) is 7.16. The van der Waals surface area contributed by atoms with Crippen LogP contribution in [-0.4, -0.2) is 40.2 Å².